The zero-order valence-electron chi connectivity index (χ0n) is 21.6. The molecule has 0 saturated carbocycles. The predicted octanol–water partition coefficient (Wildman–Crippen LogP) is -0.592. The van der Waals surface area contributed by atoms with Gasteiger partial charge in [-0.25, -0.2) is 0 Å². The first-order valence-electron chi connectivity index (χ1n) is 11.1. The summed E-state index contributed by atoms with van der Waals surface area (Å²) < 4.78 is 43.3. The number of nitro benzene ring substituents is 1. The molecule has 0 aliphatic rings. The number of hydrogen-bond acceptors (Lipinski definition) is 13. The Kier molecular flexibility index (Phi) is 14.3. The zero-order chi connectivity index (χ0) is 27.3. The van der Waals surface area contributed by atoms with Crippen LogP contribution in [0, 0.1) is 10.1 Å². The number of aromatic nitrogens is 1. The number of aromatic carboxylic acids is 1. The van der Waals surface area contributed by atoms with Crippen LogP contribution in [0.2, 0.25) is 0 Å². The van der Waals surface area contributed by atoms with E-state index in [1.54, 1.807) is 7.11 Å². The molecule has 3 rings (SSSR count). The molecule has 0 fully saturated rings. The normalized spacial score (nSPS) is 10.5. The predicted molar refractivity (Wildman–Crippen MR) is 126 cm³/mol. The number of nitrogens with zero attached hydrogens (tertiary/aromatic N) is 2. The Morgan fingerprint density at radius 2 is 1.51 bits per heavy atom. The number of ether oxygens (including phenoxy) is 7. The largest absolute Gasteiger partial charge is 1.00 e. The average Bonchev–Trinajstić information content (AvgIpc) is 3.39. The van der Waals surface area contributed by atoms with Gasteiger partial charge in [-0.15, -0.1) is 0 Å². The fraction of sp³-hybridized carbons (Fsp3) is 0.333. The molecule has 39 heavy (non-hydrogen) atoms. The van der Waals surface area contributed by atoms with E-state index in [0.717, 1.165) is 6.07 Å². The van der Waals surface area contributed by atoms with Gasteiger partial charge in [0.2, 0.25) is 0 Å². The van der Waals surface area contributed by atoms with Crippen LogP contribution in [0.25, 0.3) is 11.3 Å². The van der Waals surface area contributed by atoms with Crippen molar-refractivity contribution in [2.24, 2.45) is 0 Å². The molecule has 0 unspecified atom stereocenters. The second-order valence-corrected chi connectivity index (χ2v) is 7.34. The Labute approximate surface area is 265 Å². The number of carboxylic acids is 1. The molecule has 0 spiro atoms. The quantitative estimate of drug-likeness (QED) is 0.0660. The number of nitro groups is 1. The Morgan fingerprint density at radius 3 is 2.08 bits per heavy atom. The summed E-state index contributed by atoms with van der Waals surface area (Å²) in [4.78, 5) is 21.8. The summed E-state index contributed by atoms with van der Waals surface area (Å²) in [6, 6.07) is 9.44. The third-order valence-corrected chi connectivity index (χ3v) is 4.75. The molecule has 15 heteroatoms. The first-order chi connectivity index (χ1) is 18.4. The van der Waals surface area contributed by atoms with E-state index in [9.17, 15) is 20.0 Å². The van der Waals surface area contributed by atoms with Crippen molar-refractivity contribution in [1.82, 2.24) is 5.16 Å². The summed E-state index contributed by atoms with van der Waals surface area (Å²) in [5.41, 5.74) is -0.407. The van der Waals surface area contributed by atoms with Crippen LogP contribution in [-0.4, -0.2) is 70.3 Å². The fourth-order valence-electron chi connectivity index (χ4n) is 2.96. The van der Waals surface area contributed by atoms with Gasteiger partial charge < -0.3 is 47.6 Å². The number of methoxy groups -OCH3 is 2. The summed E-state index contributed by atoms with van der Waals surface area (Å²) in [6.45, 7) is 0.920. The number of carboxylic acid groups (broad SMARTS) is 1. The van der Waals surface area contributed by atoms with E-state index in [1.807, 2.05) is 0 Å². The average molecular weight is 573 g/mol. The minimum absolute atomic E-state index is 0. The minimum Gasteiger partial charge on any atom is -0.543 e. The van der Waals surface area contributed by atoms with Crippen molar-refractivity contribution >= 4 is 11.7 Å². The smallest absolute Gasteiger partial charge is 0.543 e. The van der Waals surface area contributed by atoms with Crippen molar-refractivity contribution in [3.05, 3.63) is 58.3 Å². The second kappa shape index (κ2) is 17.2. The maximum Gasteiger partial charge on any atom is 1.00 e. The van der Waals surface area contributed by atoms with Crippen molar-refractivity contribution in [2.45, 2.75) is 0 Å². The van der Waals surface area contributed by atoms with Gasteiger partial charge in [0.1, 0.15) is 34.3 Å². The first kappa shape index (κ1) is 32.6. The van der Waals surface area contributed by atoms with Crippen LogP contribution in [0.3, 0.4) is 0 Å². The number of carbonyl (C=O) groups is 1. The zero-order valence-corrected chi connectivity index (χ0v) is 24.7. The molecule has 0 amide bonds. The van der Waals surface area contributed by atoms with E-state index in [-0.39, 0.29) is 112 Å². The molecule has 0 N–H and O–H groups in total. The molecule has 0 radical (unpaired) electrons. The van der Waals surface area contributed by atoms with Crippen LogP contribution in [0.4, 0.5) is 5.69 Å². The molecule has 0 aliphatic heterocycles. The van der Waals surface area contributed by atoms with Crippen molar-refractivity contribution < 1.29 is 104 Å². The third kappa shape index (κ3) is 10.1. The van der Waals surface area contributed by atoms with Crippen LogP contribution < -0.4 is 70.7 Å². The van der Waals surface area contributed by atoms with Crippen molar-refractivity contribution in [3.8, 4) is 34.3 Å². The molecule has 2 aromatic carbocycles. The first-order valence-corrected chi connectivity index (χ1v) is 11.1. The number of benzene rings is 2. The molecule has 1 aromatic heterocycles. The SMILES string of the molecule is COCCOCOc1cc(OCOCCOC)c(-c2cc(C(=O)[O-])no2)c(Oc2ccc([N+](=O)[O-])cc2)c1.[K+]. The summed E-state index contributed by atoms with van der Waals surface area (Å²) in [6.07, 6.45) is 0. The molecule has 3 aromatic rings. The van der Waals surface area contributed by atoms with E-state index < -0.39 is 16.6 Å². The summed E-state index contributed by atoms with van der Waals surface area (Å²) in [7, 11) is 3.07. The standard InChI is InChI=1S/C24H26N2O12.K/c1-31-7-9-33-14-35-18-11-20(36-15-34-10-8-32-2)23(22-13-19(24(27)28)25-38-22)21(12-18)37-17-5-3-16(4-6-17)26(29)30;/h3-6,11-13H,7-10,14-15H2,1-2H3,(H,27,28);/q;+1/p-1. The van der Waals surface area contributed by atoms with Crippen molar-refractivity contribution in [2.75, 3.05) is 54.2 Å². The van der Waals surface area contributed by atoms with Crippen LogP contribution in [-0.2, 0) is 18.9 Å². The van der Waals surface area contributed by atoms with E-state index in [4.69, 9.17) is 37.7 Å². The molecule has 0 bridgehead atoms. The van der Waals surface area contributed by atoms with Gasteiger partial charge in [-0.05, 0) is 12.1 Å². The Bertz CT molecular complexity index is 1200. The molecule has 204 valence electrons. The number of carbonyl (C=O) groups excluding carboxylic acids is 1. The fourth-order valence-corrected chi connectivity index (χ4v) is 2.96. The molecular weight excluding hydrogens is 547 g/mol. The summed E-state index contributed by atoms with van der Waals surface area (Å²) in [5.74, 6) is -0.842. The Balaban J connectivity index is 0.00000533. The van der Waals surface area contributed by atoms with E-state index >= 15 is 0 Å². The van der Waals surface area contributed by atoms with Crippen LogP contribution in [0.5, 0.6) is 23.0 Å². The van der Waals surface area contributed by atoms with Crippen molar-refractivity contribution in [3.63, 3.8) is 0 Å². The summed E-state index contributed by atoms with van der Waals surface area (Å²) in [5, 5.41) is 25.8. The van der Waals surface area contributed by atoms with Gasteiger partial charge in [0, 0.05) is 44.6 Å². The molecule has 1 heterocycles. The van der Waals surface area contributed by atoms with Gasteiger partial charge in [0.25, 0.3) is 5.69 Å². The molecule has 0 atom stereocenters. The molecule has 0 saturated heterocycles. The minimum atomic E-state index is -1.55. The third-order valence-electron chi connectivity index (χ3n) is 4.75. The van der Waals surface area contributed by atoms with Gasteiger partial charge in [-0.2, -0.15) is 0 Å². The van der Waals surface area contributed by atoms with Gasteiger partial charge in [-0.1, -0.05) is 5.16 Å². The topological polar surface area (TPSA) is 174 Å². The van der Waals surface area contributed by atoms with Crippen LogP contribution in [0.15, 0.2) is 47.0 Å². The van der Waals surface area contributed by atoms with Crippen molar-refractivity contribution in [1.29, 1.82) is 0 Å². The van der Waals surface area contributed by atoms with Crippen LogP contribution >= 0.6 is 0 Å². The van der Waals surface area contributed by atoms with Crippen LogP contribution in [0.1, 0.15) is 10.5 Å². The van der Waals surface area contributed by atoms with E-state index in [2.05, 4.69) is 5.16 Å². The number of rotatable bonds is 17. The molecule has 0 aliphatic carbocycles. The Morgan fingerprint density at radius 1 is 0.897 bits per heavy atom. The van der Waals surface area contributed by atoms with Gasteiger partial charge in [-0.3, -0.25) is 10.1 Å². The monoisotopic (exact) mass is 572 g/mol. The second-order valence-electron chi connectivity index (χ2n) is 7.34. The Hall–Kier alpha value is -2.60. The summed E-state index contributed by atoms with van der Waals surface area (Å²) >= 11 is 0. The molecular formula is C24H25KN2O12. The van der Waals surface area contributed by atoms with Gasteiger partial charge in [0.15, 0.2) is 19.3 Å². The maximum atomic E-state index is 11.3. The van der Waals surface area contributed by atoms with Gasteiger partial charge >= 0.3 is 51.4 Å². The maximum absolute atomic E-state index is 11.3. The molecule has 14 nitrogen and oxygen atoms in total. The van der Waals surface area contributed by atoms with E-state index in [0.29, 0.717) is 19.8 Å². The number of hydrogen-bond donors (Lipinski definition) is 0. The van der Waals surface area contributed by atoms with E-state index in [1.165, 1.54) is 43.5 Å². The number of non-ortho nitro benzene ring substituents is 1. The van der Waals surface area contributed by atoms with Gasteiger partial charge in [0.05, 0.1) is 37.3 Å².